The molecule has 0 spiro atoms. The lowest BCUT2D eigenvalue weighted by Crippen LogP contribution is -2.15. The van der Waals surface area contributed by atoms with E-state index >= 15 is 0 Å². The van der Waals surface area contributed by atoms with E-state index in [9.17, 15) is 9.59 Å². The Morgan fingerprint density at radius 1 is 1.35 bits per heavy atom. The number of thiol groups is 1. The van der Waals surface area contributed by atoms with Crippen molar-refractivity contribution in [2.45, 2.75) is 52.4 Å². The lowest BCUT2D eigenvalue weighted by atomic mass is 10.1. The predicted molar refractivity (Wildman–Crippen MR) is 94.7 cm³/mol. The number of allylic oxidation sites excluding steroid dienone is 3. The molecule has 0 radical (unpaired) electrons. The highest BCUT2D eigenvalue weighted by molar-refractivity contribution is 7.81. The molecule has 1 rings (SSSR count). The van der Waals surface area contributed by atoms with E-state index in [4.69, 9.17) is 9.15 Å². The summed E-state index contributed by atoms with van der Waals surface area (Å²) in [7, 11) is 0. The van der Waals surface area contributed by atoms with Gasteiger partial charge in [0.1, 0.15) is 12.2 Å². The van der Waals surface area contributed by atoms with Crippen LogP contribution in [0, 0.1) is 6.92 Å². The maximum Gasteiger partial charge on any atom is 0.335 e. The van der Waals surface area contributed by atoms with Crippen molar-refractivity contribution in [3.63, 3.8) is 0 Å². The van der Waals surface area contributed by atoms with Crippen LogP contribution in [0.4, 0.5) is 0 Å². The number of carbonyl (C=O) groups is 1. The second-order valence-corrected chi connectivity index (χ2v) is 6.26. The highest BCUT2D eigenvalue weighted by Gasteiger charge is 2.13. The van der Waals surface area contributed by atoms with Crippen LogP contribution < -0.4 is 5.63 Å². The molecule has 5 heteroatoms. The van der Waals surface area contributed by atoms with Crippen molar-refractivity contribution in [2.24, 2.45) is 0 Å². The van der Waals surface area contributed by atoms with Gasteiger partial charge in [-0.1, -0.05) is 17.2 Å². The number of ether oxygens (including phenoxy) is 1. The molecular formula is C18H24O4S. The molecule has 0 bridgehead atoms. The molecule has 0 N–H and O–H groups in total. The summed E-state index contributed by atoms with van der Waals surface area (Å²) in [5.41, 5.74) is 2.05. The van der Waals surface area contributed by atoms with Crippen molar-refractivity contribution in [1.82, 2.24) is 0 Å². The number of aryl methyl sites for hydroxylation is 1. The van der Waals surface area contributed by atoms with Gasteiger partial charge in [-0.05, 0) is 58.2 Å². The summed E-state index contributed by atoms with van der Waals surface area (Å²) in [6, 6.07) is 2.95. The zero-order valence-corrected chi connectivity index (χ0v) is 15.0. The minimum absolute atomic E-state index is 0.0797. The van der Waals surface area contributed by atoms with Gasteiger partial charge in [-0.25, -0.2) is 4.79 Å². The lowest BCUT2D eigenvalue weighted by molar-refractivity contribution is -0.143. The second kappa shape index (κ2) is 9.40. The third-order valence-electron chi connectivity index (χ3n) is 3.21. The molecule has 0 saturated carbocycles. The molecule has 1 aromatic rings. The molecule has 0 amide bonds. The number of rotatable bonds is 7. The molecule has 1 heterocycles. The van der Waals surface area contributed by atoms with Crippen molar-refractivity contribution < 1.29 is 13.9 Å². The first-order valence-electron chi connectivity index (χ1n) is 7.55. The van der Waals surface area contributed by atoms with Crippen LogP contribution in [-0.2, 0) is 16.0 Å². The minimum Gasteiger partial charge on any atom is -0.447 e. The smallest absolute Gasteiger partial charge is 0.335 e. The van der Waals surface area contributed by atoms with Crippen LogP contribution in [0.25, 0.3) is 0 Å². The van der Waals surface area contributed by atoms with Gasteiger partial charge in [-0.3, -0.25) is 4.79 Å². The summed E-state index contributed by atoms with van der Waals surface area (Å²) < 4.78 is 10.2. The molecule has 23 heavy (non-hydrogen) atoms. The Balaban J connectivity index is 2.54. The van der Waals surface area contributed by atoms with Gasteiger partial charge < -0.3 is 9.15 Å². The van der Waals surface area contributed by atoms with Crippen molar-refractivity contribution in [1.29, 1.82) is 0 Å². The van der Waals surface area contributed by atoms with E-state index in [1.807, 2.05) is 13.0 Å². The lowest BCUT2D eigenvalue weighted by Gasteiger charge is -2.10. The predicted octanol–water partition coefficient (Wildman–Crippen LogP) is 3.98. The molecule has 0 aliphatic heterocycles. The summed E-state index contributed by atoms with van der Waals surface area (Å²) in [5, 5.41) is 0. The van der Waals surface area contributed by atoms with E-state index in [1.54, 1.807) is 13.0 Å². The van der Waals surface area contributed by atoms with Gasteiger partial charge in [0.25, 0.3) is 0 Å². The maximum atomic E-state index is 11.9. The highest BCUT2D eigenvalue weighted by atomic mass is 32.1. The summed E-state index contributed by atoms with van der Waals surface area (Å²) in [6.45, 7) is 7.88. The molecule has 0 fully saturated rings. The average Bonchev–Trinajstić information content (AvgIpc) is 2.42. The van der Waals surface area contributed by atoms with E-state index < -0.39 is 17.0 Å². The number of esters is 1. The zero-order chi connectivity index (χ0) is 17.4. The van der Waals surface area contributed by atoms with Gasteiger partial charge in [0.2, 0.25) is 0 Å². The Morgan fingerprint density at radius 2 is 2.04 bits per heavy atom. The number of hydrogen-bond acceptors (Lipinski definition) is 5. The maximum absolute atomic E-state index is 11.9. The third kappa shape index (κ3) is 7.88. The summed E-state index contributed by atoms with van der Waals surface area (Å²) in [5.74, 6) is -0.150. The van der Waals surface area contributed by atoms with E-state index in [0.29, 0.717) is 5.76 Å². The molecule has 4 nitrogen and oxygen atoms in total. The Bertz CT molecular complexity index is 651. The first-order chi connectivity index (χ1) is 10.8. The average molecular weight is 336 g/mol. The van der Waals surface area contributed by atoms with Gasteiger partial charge in [0.15, 0.2) is 5.44 Å². The first-order valence-corrected chi connectivity index (χ1v) is 8.07. The topological polar surface area (TPSA) is 56.5 Å². The number of hydrogen-bond donors (Lipinski definition) is 1. The molecule has 0 saturated heterocycles. The summed E-state index contributed by atoms with van der Waals surface area (Å²) in [4.78, 5) is 23.1. The highest BCUT2D eigenvalue weighted by Crippen LogP contribution is 2.13. The van der Waals surface area contributed by atoms with Crippen LogP contribution in [0.2, 0.25) is 0 Å². The van der Waals surface area contributed by atoms with Crippen LogP contribution in [0.1, 0.15) is 44.9 Å². The van der Waals surface area contributed by atoms with E-state index in [1.165, 1.54) is 11.6 Å². The zero-order valence-electron chi connectivity index (χ0n) is 14.1. The molecule has 0 aliphatic carbocycles. The van der Waals surface area contributed by atoms with Crippen LogP contribution in [0.3, 0.4) is 0 Å². The number of carbonyl (C=O) groups excluding carboxylic acids is 1. The van der Waals surface area contributed by atoms with E-state index in [0.717, 1.165) is 24.0 Å². The Kier molecular flexibility index (Phi) is 7.89. The van der Waals surface area contributed by atoms with Gasteiger partial charge >= 0.3 is 11.6 Å². The molecular weight excluding hydrogens is 312 g/mol. The van der Waals surface area contributed by atoms with Crippen LogP contribution in [0.5, 0.6) is 0 Å². The van der Waals surface area contributed by atoms with Gasteiger partial charge in [0.05, 0.1) is 0 Å². The first kappa shape index (κ1) is 19.3. The molecule has 0 aromatic carbocycles. The van der Waals surface area contributed by atoms with Crippen molar-refractivity contribution in [3.05, 3.63) is 57.2 Å². The van der Waals surface area contributed by atoms with Crippen molar-refractivity contribution >= 4 is 18.6 Å². The molecule has 1 atom stereocenters. The van der Waals surface area contributed by atoms with Gasteiger partial charge in [-0.2, -0.15) is 0 Å². The fraction of sp³-hybridized carbons (Fsp3) is 0.444. The van der Waals surface area contributed by atoms with Crippen LogP contribution in [0.15, 0.2) is 44.6 Å². The van der Waals surface area contributed by atoms with Crippen molar-refractivity contribution in [3.8, 4) is 0 Å². The Morgan fingerprint density at radius 3 is 2.70 bits per heavy atom. The fourth-order valence-electron chi connectivity index (χ4n) is 1.95. The van der Waals surface area contributed by atoms with Gasteiger partial charge in [-0.15, -0.1) is 12.6 Å². The quantitative estimate of drug-likeness (QED) is 0.354. The third-order valence-corrected chi connectivity index (χ3v) is 3.46. The second-order valence-electron chi connectivity index (χ2n) is 5.75. The SMILES string of the molecule is CC(C)=CCCC(C)=CC(S)OC(=O)Cc1oc(=O)ccc1C. The standard InChI is InChI=1S/C18H24O4S/c1-12(2)6-5-7-13(3)10-18(23)22-17(20)11-15-14(4)8-9-16(19)21-15/h6,8-10,18,23H,5,7,11H2,1-4H3. The monoisotopic (exact) mass is 336 g/mol. The Labute approximate surface area is 142 Å². The molecule has 1 unspecified atom stereocenters. The van der Waals surface area contributed by atoms with Crippen LogP contribution >= 0.6 is 12.6 Å². The van der Waals surface area contributed by atoms with E-state index in [-0.39, 0.29) is 6.42 Å². The molecule has 0 aliphatic rings. The van der Waals surface area contributed by atoms with E-state index in [2.05, 4.69) is 32.6 Å². The van der Waals surface area contributed by atoms with Gasteiger partial charge in [0, 0.05) is 6.07 Å². The fourth-order valence-corrected chi connectivity index (χ4v) is 2.33. The molecule has 126 valence electrons. The normalized spacial score (nSPS) is 12.7. The minimum atomic E-state index is -0.607. The summed E-state index contributed by atoms with van der Waals surface area (Å²) >= 11 is 4.26. The Hall–Kier alpha value is -1.75. The summed E-state index contributed by atoms with van der Waals surface area (Å²) in [6.07, 6.45) is 5.74. The largest absolute Gasteiger partial charge is 0.447 e. The molecule has 1 aromatic heterocycles. The van der Waals surface area contributed by atoms with Crippen LogP contribution in [-0.4, -0.2) is 11.4 Å². The van der Waals surface area contributed by atoms with Crippen molar-refractivity contribution in [2.75, 3.05) is 0 Å².